The highest BCUT2D eigenvalue weighted by atomic mass is 35.5. The third-order valence-electron chi connectivity index (χ3n) is 14.4. The van der Waals surface area contributed by atoms with E-state index in [0.29, 0.717) is 40.9 Å². The number of nitro benzene ring substituents is 1. The smallest absolute Gasteiger partial charge is 0.293 e. The molecule has 0 bridgehead atoms. The summed E-state index contributed by atoms with van der Waals surface area (Å²) in [5.74, 6) is -0.581. The fraction of sp³-hybridized carbons (Fsp3) is 0.420. The van der Waals surface area contributed by atoms with Gasteiger partial charge in [0.15, 0.2) is 5.65 Å². The molecule has 3 aromatic carbocycles. The molecule has 356 valence electrons. The van der Waals surface area contributed by atoms with E-state index in [1.165, 1.54) is 28.8 Å². The van der Waals surface area contributed by atoms with Crippen LogP contribution in [-0.4, -0.2) is 120 Å². The Morgan fingerprint density at radius 3 is 2.53 bits per heavy atom. The number of nitro groups is 1. The minimum atomic E-state index is -4.57. The van der Waals surface area contributed by atoms with Crippen molar-refractivity contribution < 1.29 is 22.9 Å². The van der Waals surface area contributed by atoms with Gasteiger partial charge in [-0.15, -0.1) is 0 Å². The number of aromatic nitrogens is 4. The number of piperazine rings is 1. The molecule has 1 unspecified atom stereocenters. The molecular formula is C50H57ClN10O6S. The largest absolute Gasteiger partial charge is 0.380 e. The average Bonchev–Trinajstić information content (AvgIpc) is 4.13. The van der Waals surface area contributed by atoms with Crippen molar-refractivity contribution in [2.24, 2.45) is 11.3 Å². The molecule has 1 atom stereocenters. The molecule has 18 heteroatoms. The van der Waals surface area contributed by atoms with E-state index in [0.717, 1.165) is 120 Å². The Hall–Kier alpha value is -5.85. The minimum absolute atomic E-state index is 0.0756. The fourth-order valence-corrected chi connectivity index (χ4v) is 11.5. The van der Waals surface area contributed by atoms with E-state index < -0.39 is 25.7 Å². The van der Waals surface area contributed by atoms with Crippen molar-refractivity contribution in [3.8, 4) is 5.69 Å². The van der Waals surface area contributed by atoms with Crippen LogP contribution in [-0.2, 0) is 14.8 Å². The fourth-order valence-electron chi connectivity index (χ4n) is 10.4. The highest BCUT2D eigenvalue weighted by molar-refractivity contribution is 7.90. The number of aromatic amines is 1. The summed E-state index contributed by atoms with van der Waals surface area (Å²) in [4.78, 5) is 41.9. The van der Waals surface area contributed by atoms with Crippen molar-refractivity contribution in [1.29, 1.82) is 0 Å². The quantitative estimate of drug-likeness (QED) is 0.0745. The first-order valence-electron chi connectivity index (χ1n) is 23.6. The molecule has 6 heterocycles. The van der Waals surface area contributed by atoms with Gasteiger partial charge < -0.3 is 15.0 Å². The highest BCUT2D eigenvalue weighted by Crippen LogP contribution is 2.43. The van der Waals surface area contributed by atoms with Crippen LogP contribution < -0.4 is 14.9 Å². The first-order chi connectivity index (χ1) is 32.8. The number of halogens is 1. The van der Waals surface area contributed by atoms with Crippen molar-refractivity contribution in [2.75, 3.05) is 75.8 Å². The van der Waals surface area contributed by atoms with Crippen LogP contribution in [0, 0.1) is 21.4 Å². The molecule has 68 heavy (non-hydrogen) atoms. The van der Waals surface area contributed by atoms with E-state index in [4.69, 9.17) is 21.3 Å². The van der Waals surface area contributed by atoms with Crippen LogP contribution in [0.25, 0.3) is 33.3 Å². The number of allylic oxidation sites excluding steroid dienone is 1. The monoisotopic (exact) mass is 960 g/mol. The Labute approximate surface area is 400 Å². The molecule has 1 aliphatic carbocycles. The molecule has 3 saturated heterocycles. The predicted molar refractivity (Wildman–Crippen MR) is 265 cm³/mol. The minimum Gasteiger partial charge on any atom is -0.380 e. The second kappa shape index (κ2) is 18.9. The van der Waals surface area contributed by atoms with Gasteiger partial charge in [0.1, 0.15) is 11.2 Å². The molecule has 3 N–H and O–H groups in total. The van der Waals surface area contributed by atoms with Crippen molar-refractivity contribution in [1.82, 2.24) is 34.3 Å². The van der Waals surface area contributed by atoms with Gasteiger partial charge in [-0.05, 0) is 129 Å². The zero-order valence-corrected chi connectivity index (χ0v) is 40.0. The molecule has 1 amide bonds. The lowest BCUT2D eigenvalue weighted by atomic mass is 9.72. The number of nitrogens with one attached hydrogen (secondary N) is 3. The van der Waals surface area contributed by atoms with Crippen molar-refractivity contribution in [3.05, 3.63) is 117 Å². The van der Waals surface area contributed by atoms with E-state index >= 15 is 0 Å². The number of benzene rings is 3. The zero-order chi connectivity index (χ0) is 47.2. The number of likely N-dealkylation sites (tertiary alicyclic amines) is 1. The van der Waals surface area contributed by atoms with Gasteiger partial charge in [0.05, 0.1) is 33.2 Å². The van der Waals surface area contributed by atoms with E-state index in [9.17, 15) is 23.3 Å². The van der Waals surface area contributed by atoms with Crippen molar-refractivity contribution in [2.45, 2.75) is 63.3 Å². The maximum atomic E-state index is 14.3. The summed E-state index contributed by atoms with van der Waals surface area (Å²) in [6, 6.07) is 21.5. The van der Waals surface area contributed by atoms with E-state index in [1.807, 2.05) is 36.4 Å². The van der Waals surface area contributed by atoms with Crippen LogP contribution in [0.1, 0.15) is 68.3 Å². The number of nitrogens with zero attached hydrogens (tertiary/aromatic N) is 7. The first-order valence-corrected chi connectivity index (χ1v) is 25.4. The molecule has 16 nitrogen and oxygen atoms in total. The topological polar surface area (TPSA) is 184 Å². The van der Waals surface area contributed by atoms with Crippen LogP contribution in [0.2, 0.25) is 5.02 Å². The molecule has 0 spiro atoms. The van der Waals surface area contributed by atoms with Gasteiger partial charge in [0.2, 0.25) is 0 Å². The van der Waals surface area contributed by atoms with Gasteiger partial charge >= 0.3 is 0 Å². The van der Waals surface area contributed by atoms with Crippen LogP contribution in [0.4, 0.5) is 17.1 Å². The molecular weight excluding hydrogens is 904 g/mol. The normalized spacial score (nSPS) is 19.8. The number of pyridine rings is 1. The number of anilines is 2. The Morgan fingerprint density at radius 1 is 0.985 bits per heavy atom. The number of hydrogen-bond donors (Lipinski definition) is 3. The second-order valence-corrected chi connectivity index (χ2v) is 21.6. The summed E-state index contributed by atoms with van der Waals surface area (Å²) in [5.41, 5.74) is 7.39. The van der Waals surface area contributed by atoms with Crippen LogP contribution in [0.5, 0.6) is 0 Å². The highest BCUT2D eigenvalue weighted by Gasteiger charge is 2.32. The number of carbonyl (C=O) groups is 1. The third kappa shape index (κ3) is 9.72. The Morgan fingerprint density at radius 2 is 1.78 bits per heavy atom. The number of rotatable bonds is 13. The zero-order valence-electron chi connectivity index (χ0n) is 38.4. The van der Waals surface area contributed by atoms with E-state index in [-0.39, 0.29) is 22.4 Å². The number of H-pyrrole nitrogens is 1. The Bertz CT molecular complexity index is 3000. The second-order valence-electron chi connectivity index (χ2n) is 19.5. The standard InChI is InChI=1S/C50H57ClN10O6S/c1-50(2)16-11-36(42(28-50)34-3-5-37(51)6-4-34)31-57-20-22-59(23-21-57)38-7-9-41(45(26-38)60-46-25-35-12-17-52-48(35)55-44(46)30-54-60)49(62)56-68(65,66)40-8-10-43(47(27-40)61(63)64)53-29-33-13-18-58(19-14-33)39-15-24-67-32-39/h3-10,12,17,25-27,30,33,39,53-54H,11,13-16,18-24,28-29,31-32H2,1-2H3,(H,56,62). The molecule has 10 rings (SSSR count). The molecule has 3 fully saturated rings. The lowest BCUT2D eigenvalue weighted by Crippen LogP contribution is -2.47. The SMILES string of the molecule is CC1(C)CCC(CN2CCN(c3ccc(C(=O)NS(=O)(=O)c4ccc(NCC5CCN(C6CCOC6)CC5)c([N+](=O)[O-])c4)c(-n4[nH]cc5nc6nccc6cc54)c3)CC2)=C(c2ccc(Cl)cc2)C1. The number of carbonyl (C=O) groups excluding carboxylic acids is 1. The summed E-state index contributed by atoms with van der Waals surface area (Å²) in [5, 5.41) is 20.3. The lowest BCUT2D eigenvalue weighted by Gasteiger charge is -2.39. The third-order valence-corrected chi connectivity index (χ3v) is 16.0. The first kappa shape index (κ1) is 45.9. The summed E-state index contributed by atoms with van der Waals surface area (Å²) < 4.78 is 37.4. The van der Waals surface area contributed by atoms with E-state index in [2.05, 4.69) is 60.8 Å². The van der Waals surface area contributed by atoms with Crippen molar-refractivity contribution >= 4 is 72.2 Å². The number of amides is 1. The predicted octanol–water partition coefficient (Wildman–Crippen LogP) is 8.28. The summed E-state index contributed by atoms with van der Waals surface area (Å²) >= 11 is 6.27. The number of piperidine rings is 1. The summed E-state index contributed by atoms with van der Waals surface area (Å²) in [6.07, 6.45) is 9.54. The van der Waals surface area contributed by atoms with Gasteiger partial charge in [-0.3, -0.25) is 34.5 Å². The van der Waals surface area contributed by atoms with Crippen LogP contribution in [0.3, 0.4) is 0 Å². The molecule has 3 aliphatic heterocycles. The molecule has 4 aliphatic rings. The van der Waals surface area contributed by atoms with Gasteiger partial charge in [0, 0.05) is 86.5 Å². The summed E-state index contributed by atoms with van der Waals surface area (Å²) in [7, 11) is -4.57. The Balaban J connectivity index is 0.875. The van der Waals surface area contributed by atoms with Crippen molar-refractivity contribution in [3.63, 3.8) is 0 Å². The maximum Gasteiger partial charge on any atom is 0.293 e. The number of ether oxygens (including phenoxy) is 1. The lowest BCUT2D eigenvalue weighted by molar-refractivity contribution is -0.384. The molecule has 3 aromatic heterocycles. The number of fused-ring (bicyclic) bond motifs is 2. The van der Waals surface area contributed by atoms with Gasteiger partial charge in [0.25, 0.3) is 21.6 Å². The number of sulfonamides is 1. The summed E-state index contributed by atoms with van der Waals surface area (Å²) in [6.45, 7) is 12.7. The average molecular weight is 962 g/mol. The Kier molecular flexibility index (Phi) is 12.8. The van der Waals surface area contributed by atoms with Crippen LogP contribution >= 0.6 is 11.6 Å². The van der Waals surface area contributed by atoms with Gasteiger partial charge in [-0.25, -0.2) is 23.1 Å². The molecule has 0 saturated carbocycles. The number of hydrogen-bond acceptors (Lipinski definition) is 12. The van der Waals surface area contributed by atoms with Gasteiger partial charge in [-0.1, -0.05) is 43.2 Å². The maximum absolute atomic E-state index is 14.3. The molecule has 0 radical (unpaired) electrons. The molecule has 6 aromatic rings. The van der Waals surface area contributed by atoms with Gasteiger partial charge in [-0.2, -0.15) is 0 Å². The van der Waals surface area contributed by atoms with E-state index in [1.54, 1.807) is 23.1 Å². The van der Waals surface area contributed by atoms with Crippen LogP contribution in [0.15, 0.2) is 95.7 Å².